The Morgan fingerprint density at radius 1 is 0.931 bits per heavy atom. The summed E-state index contributed by atoms with van der Waals surface area (Å²) in [5.74, 6) is 0.984. The van der Waals surface area contributed by atoms with Crippen molar-refractivity contribution in [3.63, 3.8) is 0 Å². The Hall–Kier alpha value is -3.05. The third kappa shape index (κ3) is 7.12. The van der Waals surface area contributed by atoms with E-state index in [0.717, 1.165) is 21.8 Å². The average molecular weight is 405 g/mol. The quantitative estimate of drug-likeness (QED) is 0.322. The van der Waals surface area contributed by atoms with Gasteiger partial charge in [-0.3, -0.25) is 4.79 Å². The number of hydrazone groups is 1. The Kier molecular flexibility index (Phi) is 7.47. The lowest BCUT2D eigenvalue weighted by Crippen LogP contribution is -2.19. The molecule has 148 valence electrons. The molecule has 1 amide bonds. The highest BCUT2D eigenvalue weighted by molar-refractivity contribution is 8.00. The summed E-state index contributed by atoms with van der Waals surface area (Å²) in [6.07, 6.45) is 1.62. The Balaban J connectivity index is 1.41. The molecule has 3 aromatic carbocycles. The van der Waals surface area contributed by atoms with Gasteiger partial charge in [0, 0.05) is 4.90 Å². The number of ether oxygens (including phenoxy) is 1. The van der Waals surface area contributed by atoms with E-state index in [2.05, 4.69) is 41.7 Å². The second-order valence-corrected chi connectivity index (χ2v) is 7.79. The number of aryl methyl sites for hydroxylation is 2. The molecule has 0 heterocycles. The number of nitrogens with one attached hydrogen (secondary N) is 1. The largest absolute Gasteiger partial charge is 0.489 e. The fourth-order valence-corrected chi connectivity index (χ4v) is 3.19. The van der Waals surface area contributed by atoms with E-state index >= 15 is 0 Å². The van der Waals surface area contributed by atoms with E-state index in [9.17, 15) is 4.79 Å². The normalized spacial score (nSPS) is 10.8. The minimum Gasteiger partial charge on any atom is -0.489 e. The van der Waals surface area contributed by atoms with Gasteiger partial charge in [0.1, 0.15) is 12.4 Å². The summed E-state index contributed by atoms with van der Waals surface area (Å²) >= 11 is 1.49. The minimum absolute atomic E-state index is 0.134. The van der Waals surface area contributed by atoms with Crippen molar-refractivity contribution in [1.29, 1.82) is 0 Å². The van der Waals surface area contributed by atoms with Crippen molar-refractivity contribution in [3.8, 4) is 5.75 Å². The summed E-state index contributed by atoms with van der Waals surface area (Å²) in [6, 6.07) is 24.0. The van der Waals surface area contributed by atoms with Gasteiger partial charge in [-0.1, -0.05) is 47.5 Å². The monoisotopic (exact) mass is 404 g/mol. The Morgan fingerprint density at radius 2 is 1.55 bits per heavy atom. The van der Waals surface area contributed by atoms with Crippen LogP contribution in [0, 0.1) is 13.8 Å². The number of rotatable bonds is 8. The van der Waals surface area contributed by atoms with E-state index in [1.54, 1.807) is 6.21 Å². The lowest BCUT2D eigenvalue weighted by atomic mass is 10.2. The first-order valence-electron chi connectivity index (χ1n) is 9.38. The van der Waals surface area contributed by atoms with Gasteiger partial charge in [-0.2, -0.15) is 5.10 Å². The third-order valence-electron chi connectivity index (χ3n) is 4.20. The van der Waals surface area contributed by atoms with Crippen LogP contribution in [-0.4, -0.2) is 17.9 Å². The van der Waals surface area contributed by atoms with Crippen molar-refractivity contribution in [2.45, 2.75) is 25.3 Å². The smallest absolute Gasteiger partial charge is 0.250 e. The van der Waals surface area contributed by atoms with Gasteiger partial charge < -0.3 is 4.74 Å². The molecule has 0 saturated carbocycles. The first-order chi connectivity index (χ1) is 14.1. The van der Waals surface area contributed by atoms with Gasteiger partial charge in [-0.05, 0) is 61.4 Å². The molecule has 0 aliphatic rings. The van der Waals surface area contributed by atoms with Gasteiger partial charge in [-0.15, -0.1) is 11.8 Å². The molecular weight excluding hydrogens is 380 g/mol. The summed E-state index contributed by atoms with van der Waals surface area (Å²) in [7, 11) is 0. The number of amides is 1. The maximum absolute atomic E-state index is 11.9. The van der Waals surface area contributed by atoms with Crippen LogP contribution in [-0.2, 0) is 11.4 Å². The zero-order chi connectivity index (χ0) is 20.5. The Labute approximate surface area is 176 Å². The SMILES string of the molecule is Cc1ccc(COc2ccc(C=NNC(=O)CSc3ccc(C)cc3)cc2)cc1. The topological polar surface area (TPSA) is 50.7 Å². The van der Waals surface area contributed by atoms with E-state index in [0.29, 0.717) is 12.4 Å². The summed E-state index contributed by atoms with van der Waals surface area (Å²) in [5.41, 5.74) is 7.02. The zero-order valence-electron chi connectivity index (χ0n) is 16.6. The fraction of sp³-hybridized carbons (Fsp3) is 0.167. The lowest BCUT2D eigenvalue weighted by molar-refractivity contribution is -0.118. The number of benzene rings is 3. The van der Waals surface area contributed by atoms with Crippen LogP contribution in [0.3, 0.4) is 0 Å². The number of thioether (sulfide) groups is 1. The van der Waals surface area contributed by atoms with Crippen LogP contribution in [0.1, 0.15) is 22.3 Å². The van der Waals surface area contributed by atoms with Crippen molar-refractivity contribution >= 4 is 23.9 Å². The van der Waals surface area contributed by atoms with Crippen LogP contribution >= 0.6 is 11.8 Å². The van der Waals surface area contributed by atoms with Crippen molar-refractivity contribution in [3.05, 3.63) is 95.1 Å². The maximum Gasteiger partial charge on any atom is 0.250 e. The number of carbonyl (C=O) groups is 1. The van der Waals surface area contributed by atoms with E-state index in [1.807, 2.05) is 55.5 Å². The fourth-order valence-electron chi connectivity index (χ4n) is 2.50. The maximum atomic E-state index is 11.9. The molecule has 5 heteroatoms. The molecule has 29 heavy (non-hydrogen) atoms. The summed E-state index contributed by atoms with van der Waals surface area (Å²) in [5, 5.41) is 4.02. The van der Waals surface area contributed by atoms with Crippen LogP contribution in [0.25, 0.3) is 0 Å². The minimum atomic E-state index is -0.134. The van der Waals surface area contributed by atoms with Crippen LogP contribution < -0.4 is 10.2 Å². The molecule has 0 atom stereocenters. The molecule has 0 spiro atoms. The molecule has 0 aromatic heterocycles. The highest BCUT2D eigenvalue weighted by Gasteiger charge is 2.01. The third-order valence-corrected chi connectivity index (χ3v) is 5.21. The molecule has 0 unspecified atom stereocenters. The number of hydrogen-bond acceptors (Lipinski definition) is 4. The molecule has 3 rings (SSSR count). The molecule has 0 aliphatic heterocycles. The molecule has 0 radical (unpaired) electrons. The van der Waals surface area contributed by atoms with Gasteiger partial charge in [0.15, 0.2) is 0 Å². The second-order valence-electron chi connectivity index (χ2n) is 6.74. The van der Waals surface area contributed by atoms with Crippen molar-refractivity contribution in [2.75, 3.05) is 5.75 Å². The Morgan fingerprint density at radius 3 is 2.21 bits per heavy atom. The van der Waals surface area contributed by atoms with Crippen molar-refractivity contribution in [2.24, 2.45) is 5.10 Å². The van der Waals surface area contributed by atoms with Gasteiger partial charge in [0.25, 0.3) is 0 Å². The standard InChI is InChI=1S/C24H24N2O2S/c1-18-3-7-21(8-4-18)16-28-22-11-9-20(10-12-22)15-25-26-24(27)17-29-23-13-5-19(2)6-14-23/h3-15H,16-17H2,1-2H3,(H,26,27). The van der Waals surface area contributed by atoms with E-state index in [4.69, 9.17) is 4.74 Å². The van der Waals surface area contributed by atoms with E-state index < -0.39 is 0 Å². The highest BCUT2D eigenvalue weighted by atomic mass is 32.2. The summed E-state index contributed by atoms with van der Waals surface area (Å²) in [4.78, 5) is 13.0. The molecule has 0 fully saturated rings. The lowest BCUT2D eigenvalue weighted by Gasteiger charge is -2.07. The highest BCUT2D eigenvalue weighted by Crippen LogP contribution is 2.18. The summed E-state index contributed by atoms with van der Waals surface area (Å²) in [6.45, 7) is 4.64. The molecule has 3 aromatic rings. The van der Waals surface area contributed by atoms with Crippen LogP contribution in [0.2, 0.25) is 0 Å². The predicted molar refractivity (Wildman–Crippen MR) is 120 cm³/mol. The number of hydrogen-bond donors (Lipinski definition) is 1. The average Bonchev–Trinajstić information content (AvgIpc) is 2.74. The summed E-state index contributed by atoms with van der Waals surface area (Å²) < 4.78 is 5.79. The second kappa shape index (κ2) is 10.5. The van der Waals surface area contributed by atoms with Crippen molar-refractivity contribution in [1.82, 2.24) is 5.43 Å². The van der Waals surface area contributed by atoms with Gasteiger partial charge in [0.05, 0.1) is 12.0 Å². The number of nitrogens with zero attached hydrogens (tertiary/aromatic N) is 1. The first-order valence-corrected chi connectivity index (χ1v) is 10.4. The van der Waals surface area contributed by atoms with Gasteiger partial charge in [0.2, 0.25) is 5.91 Å². The molecular formula is C24H24N2O2S. The van der Waals surface area contributed by atoms with E-state index in [-0.39, 0.29) is 5.91 Å². The van der Waals surface area contributed by atoms with Crippen LogP contribution in [0.5, 0.6) is 5.75 Å². The molecule has 1 N–H and O–H groups in total. The first kappa shape index (κ1) is 20.7. The predicted octanol–water partition coefficient (Wildman–Crippen LogP) is 5.12. The van der Waals surface area contributed by atoms with Crippen LogP contribution in [0.15, 0.2) is 82.8 Å². The van der Waals surface area contributed by atoms with Gasteiger partial charge >= 0.3 is 0 Å². The molecule has 4 nitrogen and oxygen atoms in total. The Bertz CT molecular complexity index is 950. The zero-order valence-corrected chi connectivity index (χ0v) is 17.4. The molecule has 0 bridgehead atoms. The van der Waals surface area contributed by atoms with Crippen molar-refractivity contribution < 1.29 is 9.53 Å². The van der Waals surface area contributed by atoms with Crippen LogP contribution in [0.4, 0.5) is 0 Å². The molecule has 0 saturated heterocycles. The number of carbonyl (C=O) groups excluding carboxylic acids is 1. The van der Waals surface area contributed by atoms with Gasteiger partial charge in [-0.25, -0.2) is 5.43 Å². The van der Waals surface area contributed by atoms with E-state index in [1.165, 1.54) is 22.9 Å². The molecule has 0 aliphatic carbocycles.